The number of hydrogen-bond donors (Lipinski definition) is 1. The molecule has 0 saturated carbocycles. The van der Waals surface area contributed by atoms with Crippen molar-refractivity contribution in [2.45, 2.75) is 25.6 Å². The monoisotopic (exact) mass is 529 g/mol. The molecule has 39 heavy (non-hydrogen) atoms. The zero-order chi connectivity index (χ0) is 27.9. The van der Waals surface area contributed by atoms with E-state index in [0.29, 0.717) is 17.0 Å². The van der Waals surface area contributed by atoms with Crippen molar-refractivity contribution in [3.05, 3.63) is 113 Å². The molecule has 3 aromatic heterocycles. The Labute approximate surface area is 221 Å². The van der Waals surface area contributed by atoms with Gasteiger partial charge in [-0.25, -0.2) is 9.97 Å². The van der Waals surface area contributed by atoms with Crippen molar-refractivity contribution in [1.82, 2.24) is 19.5 Å². The highest BCUT2D eigenvalue weighted by molar-refractivity contribution is 5.87. The van der Waals surface area contributed by atoms with Gasteiger partial charge in [0.15, 0.2) is 17.0 Å². The Morgan fingerprint density at radius 3 is 2.28 bits per heavy atom. The predicted molar refractivity (Wildman–Crippen MR) is 137 cm³/mol. The van der Waals surface area contributed by atoms with Gasteiger partial charge in [-0.05, 0) is 49.7 Å². The lowest BCUT2D eigenvalue weighted by molar-refractivity contribution is -0.137. The number of pyridine rings is 2. The fraction of sp³-hybridized carbons (Fsp3) is 0.172. The lowest BCUT2D eigenvalue weighted by Crippen LogP contribution is -2.31. The van der Waals surface area contributed by atoms with Crippen molar-refractivity contribution in [3.8, 4) is 17.6 Å². The van der Waals surface area contributed by atoms with E-state index in [1.165, 1.54) is 49.1 Å². The number of rotatable bonds is 5. The summed E-state index contributed by atoms with van der Waals surface area (Å²) in [5.41, 5.74) is -1.28. The maximum atomic E-state index is 14.7. The number of benzene rings is 2. The largest absolute Gasteiger partial charge is 0.454 e. The molecule has 1 unspecified atom stereocenters. The molecule has 1 N–H and O–H groups in total. The van der Waals surface area contributed by atoms with Gasteiger partial charge >= 0.3 is 6.18 Å². The molecule has 0 aliphatic carbocycles. The molecule has 0 fully saturated rings. The highest BCUT2D eigenvalue weighted by Gasteiger charge is 2.41. The van der Waals surface area contributed by atoms with Crippen LogP contribution in [-0.2, 0) is 18.8 Å². The number of aliphatic hydroxyl groups is 1. The summed E-state index contributed by atoms with van der Waals surface area (Å²) in [6.45, 7) is 3.62. The molecule has 3 heterocycles. The number of aromatic nitrogens is 4. The van der Waals surface area contributed by atoms with E-state index in [9.17, 15) is 23.5 Å². The van der Waals surface area contributed by atoms with Crippen molar-refractivity contribution in [2.75, 3.05) is 0 Å². The van der Waals surface area contributed by atoms with Crippen LogP contribution in [0.2, 0.25) is 0 Å². The predicted octanol–water partition coefficient (Wildman–Crippen LogP) is 5.95. The van der Waals surface area contributed by atoms with Crippen LogP contribution in [0.25, 0.3) is 10.9 Å². The highest BCUT2D eigenvalue weighted by Crippen LogP contribution is 2.45. The molecule has 1 atom stereocenters. The van der Waals surface area contributed by atoms with Crippen LogP contribution in [0.3, 0.4) is 0 Å². The van der Waals surface area contributed by atoms with Gasteiger partial charge in [0.1, 0.15) is 17.4 Å². The Hall–Kier alpha value is -4.75. The van der Waals surface area contributed by atoms with E-state index in [1.54, 1.807) is 48.9 Å². The number of fused-ring (bicyclic) bond motifs is 1. The Kier molecular flexibility index (Phi) is 6.32. The minimum Gasteiger partial charge on any atom is -0.454 e. The molecular formula is C29H22F3N5O2. The number of halogens is 3. The summed E-state index contributed by atoms with van der Waals surface area (Å²) in [6.07, 6.45) is -0.516. The topological polar surface area (TPSA) is 96.8 Å². The zero-order valence-corrected chi connectivity index (χ0v) is 21.2. The Morgan fingerprint density at radius 2 is 1.69 bits per heavy atom. The molecule has 2 aromatic carbocycles. The molecule has 0 amide bonds. The number of aryl methyl sites for hydroxylation is 3. The molecule has 0 saturated heterocycles. The van der Waals surface area contributed by atoms with Gasteiger partial charge in [-0.1, -0.05) is 29.8 Å². The molecule has 0 aliphatic heterocycles. The minimum atomic E-state index is -4.92. The average Bonchev–Trinajstić information content (AvgIpc) is 3.34. The first kappa shape index (κ1) is 25.9. The van der Waals surface area contributed by atoms with Gasteiger partial charge in [0.25, 0.3) is 0 Å². The molecule has 0 spiro atoms. The third-order valence-electron chi connectivity index (χ3n) is 6.50. The summed E-state index contributed by atoms with van der Waals surface area (Å²) in [6, 6.07) is 15.5. The van der Waals surface area contributed by atoms with Gasteiger partial charge in [-0.2, -0.15) is 18.4 Å². The second kappa shape index (κ2) is 9.53. The minimum absolute atomic E-state index is 0.0757. The quantitative estimate of drug-likeness (QED) is 0.302. The van der Waals surface area contributed by atoms with Crippen LogP contribution >= 0.6 is 0 Å². The SMILES string of the molecule is Cc1ccc(Oc2c(C#N)nc3ccc(C(O)(c4ccc(C)nc4)c4cncn4C)cc3c2C(F)(F)F)cc1. The summed E-state index contributed by atoms with van der Waals surface area (Å²) in [4.78, 5) is 12.6. The normalized spacial score (nSPS) is 13.2. The number of imidazole rings is 1. The van der Waals surface area contributed by atoms with Gasteiger partial charge in [-0.15, -0.1) is 0 Å². The summed E-state index contributed by atoms with van der Waals surface area (Å²) in [5, 5.41) is 21.5. The van der Waals surface area contributed by atoms with E-state index in [4.69, 9.17) is 4.74 Å². The first-order chi connectivity index (χ1) is 18.5. The molecule has 7 nitrogen and oxygen atoms in total. The summed E-state index contributed by atoms with van der Waals surface area (Å²) in [7, 11) is 1.67. The van der Waals surface area contributed by atoms with Crippen molar-refractivity contribution in [2.24, 2.45) is 7.05 Å². The second-order valence-electron chi connectivity index (χ2n) is 9.21. The maximum absolute atomic E-state index is 14.7. The average molecular weight is 530 g/mol. The van der Waals surface area contributed by atoms with Crippen LogP contribution in [0, 0.1) is 25.2 Å². The van der Waals surface area contributed by atoms with Gasteiger partial charge in [0, 0.05) is 29.9 Å². The molecule has 5 rings (SSSR count). The van der Waals surface area contributed by atoms with Crippen LogP contribution in [0.5, 0.6) is 11.5 Å². The van der Waals surface area contributed by atoms with Crippen LogP contribution in [-0.4, -0.2) is 24.6 Å². The summed E-state index contributed by atoms with van der Waals surface area (Å²) >= 11 is 0. The number of nitriles is 1. The second-order valence-corrected chi connectivity index (χ2v) is 9.21. The van der Waals surface area contributed by atoms with Crippen LogP contribution < -0.4 is 4.74 Å². The van der Waals surface area contributed by atoms with Crippen molar-refractivity contribution in [3.63, 3.8) is 0 Å². The van der Waals surface area contributed by atoms with E-state index >= 15 is 0 Å². The molecule has 0 radical (unpaired) electrons. The maximum Gasteiger partial charge on any atom is 0.420 e. The smallest absolute Gasteiger partial charge is 0.420 e. The van der Waals surface area contributed by atoms with Crippen molar-refractivity contribution < 1.29 is 23.0 Å². The zero-order valence-electron chi connectivity index (χ0n) is 21.2. The van der Waals surface area contributed by atoms with Crippen molar-refractivity contribution >= 4 is 10.9 Å². The summed E-state index contributed by atoms with van der Waals surface area (Å²) in [5.74, 6) is -0.586. The molecule has 10 heteroatoms. The Bertz CT molecular complexity index is 1720. The van der Waals surface area contributed by atoms with Crippen LogP contribution in [0.1, 0.15) is 39.3 Å². The Morgan fingerprint density at radius 1 is 0.974 bits per heavy atom. The standard InChI is InChI=1S/C29H22F3N5O2/c1-17-4-9-21(10-5-17)39-27-24(13-33)36-23-11-8-19(12-22(23)26(27)29(30,31)32)28(38,25-15-34-16-37(25)3)20-7-6-18(2)35-14-20/h4-12,14-16,38H,1-3H3. The van der Waals surface area contributed by atoms with E-state index in [0.717, 1.165) is 5.56 Å². The number of alkyl halides is 3. The summed E-state index contributed by atoms with van der Waals surface area (Å²) < 4.78 is 51.3. The van der Waals surface area contributed by atoms with Crippen LogP contribution in [0.15, 0.2) is 73.3 Å². The number of hydrogen-bond acceptors (Lipinski definition) is 6. The fourth-order valence-electron chi connectivity index (χ4n) is 4.50. The first-order valence-corrected chi connectivity index (χ1v) is 11.8. The third-order valence-corrected chi connectivity index (χ3v) is 6.50. The van der Waals surface area contributed by atoms with Gasteiger partial charge < -0.3 is 14.4 Å². The van der Waals surface area contributed by atoms with Crippen molar-refractivity contribution in [1.29, 1.82) is 5.26 Å². The van der Waals surface area contributed by atoms with Gasteiger partial charge in [-0.3, -0.25) is 4.98 Å². The molecule has 196 valence electrons. The lowest BCUT2D eigenvalue weighted by atomic mass is 9.83. The Balaban J connectivity index is 1.81. The molecule has 5 aromatic rings. The van der Waals surface area contributed by atoms with Gasteiger partial charge in [0.05, 0.1) is 23.7 Å². The van der Waals surface area contributed by atoms with Gasteiger partial charge in [0.2, 0.25) is 0 Å². The molecule has 0 bridgehead atoms. The third kappa shape index (κ3) is 4.57. The molecule has 0 aliphatic rings. The number of nitrogens with zero attached hydrogens (tertiary/aromatic N) is 5. The van der Waals surface area contributed by atoms with E-state index < -0.39 is 28.8 Å². The molecular weight excluding hydrogens is 507 g/mol. The number of ether oxygens (including phenoxy) is 1. The van der Waals surface area contributed by atoms with Crippen LogP contribution in [0.4, 0.5) is 13.2 Å². The highest BCUT2D eigenvalue weighted by atomic mass is 19.4. The van der Waals surface area contributed by atoms with E-state index in [2.05, 4.69) is 15.0 Å². The fourth-order valence-corrected chi connectivity index (χ4v) is 4.50. The lowest BCUT2D eigenvalue weighted by Gasteiger charge is -2.30. The first-order valence-electron chi connectivity index (χ1n) is 11.8. The van der Waals surface area contributed by atoms with E-state index in [1.807, 2.05) is 6.92 Å². The van der Waals surface area contributed by atoms with E-state index in [-0.39, 0.29) is 22.2 Å².